The zero-order chi connectivity index (χ0) is 11.6. The highest BCUT2D eigenvalue weighted by Crippen LogP contribution is 2.24. The Bertz CT molecular complexity index is 495. The third-order valence-corrected chi connectivity index (χ3v) is 2.76. The maximum absolute atomic E-state index is 11.1. The summed E-state index contributed by atoms with van der Waals surface area (Å²) in [5.41, 5.74) is 1.98. The van der Waals surface area contributed by atoms with Crippen LogP contribution >= 0.6 is 0 Å². The number of nitrogens with two attached hydrogens (primary N) is 1. The van der Waals surface area contributed by atoms with E-state index in [-0.39, 0.29) is 11.3 Å². The maximum Gasteiger partial charge on any atom is 0.297 e. The molecule has 82 valence electrons. The van der Waals surface area contributed by atoms with Crippen LogP contribution < -0.4 is 11.3 Å². The molecule has 0 saturated carbocycles. The van der Waals surface area contributed by atoms with Crippen LogP contribution in [0.5, 0.6) is 0 Å². The third-order valence-electron chi connectivity index (χ3n) is 1.81. The quantitative estimate of drug-likeness (QED) is 0.300. The smallest absolute Gasteiger partial charge is 0.297 e. The number of anilines is 1. The van der Waals surface area contributed by atoms with Crippen molar-refractivity contribution in [1.82, 2.24) is 0 Å². The zero-order valence-electron chi connectivity index (χ0n) is 7.89. The van der Waals surface area contributed by atoms with E-state index in [4.69, 9.17) is 10.4 Å². The van der Waals surface area contributed by atoms with E-state index in [0.29, 0.717) is 0 Å². The van der Waals surface area contributed by atoms with Crippen molar-refractivity contribution >= 4 is 21.6 Å². The van der Waals surface area contributed by atoms with Gasteiger partial charge in [-0.1, -0.05) is 6.07 Å². The van der Waals surface area contributed by atoms with Gasteiger partial charge in [-0.15, -0.1) is 0 Å². The number of hydrogen-bond donors (Lipinski definition) is 3. The number of benzene rings is 1. The Labute approximate surface area is 86.8 Å². The van der Waals surface area contributed by atoms with Gasteiger partial charge in [0.05, 0.1) is 5.69 Å². The number of rotatable bonds is 3. The second-order valence-electron chi connectivity index (χ2n) is 2.86. The minimum absolute atomic E-state index is 0.0230. The molecule has 15 heavy (non-hydrogen) atoms. The summed E-state index contributed by atoms with van der Waals surface area (Å²) in [7, 11) is -4.48. The Morgan fingerprint density at radius 2 is 2.07 bits per heavy atom. The van der Waals surface area contributed by atoms with Crippen LogP contribution in [0, 0.1) is 0 Å². The Balaban J connectivity index is 3.63. The van der Waals surface area contributed by atoms with Gasteiger partial charge in [-0.25, -0.2) is 0 Å². The lowest BCUT2D eigenvalue weighted by Gasteiger charge is -2.09. The lowest BCUT2D eigenvalue weighted by atomic mass is 10.1. The van der Waals surface area contributed by atoms with Crippen LogP contribution in [-0.2, 0) is 10.1 Å². The summed E-state index contributed by atoms with van der Waals surface area (Å²) in [5.74, 6) is 4.61. The van der Waals surface area contributed by atoms with Crippen molar-refractivity contribution in [3.05, 3.63) is 23.8 Å². The summed E-state index contributed by atoms with van der Waals surface area (Å²) in [6.45, 7) is 1.20. The largest absolute Gasteiger partial charge is 0.323 e. The summed E-state index contributed by atoms with van der Waals surface area (Å²) >= 11 is 0. The fourth-order valence-corrected chi connectivity index (χ4v) is 2.10. The van der Waals surface area contributed by atoms with Crippen LogP contribution in [0.4, 0.5) is 5.69 Å². The molecule has 0 aliphatic heterocycles. The molecule has 1 aromatic rings. The minimum Gasteiger partial charge on any atom is -0.323 e. The van der Waals surface area contributed by atoms with Crippen molar-refractivity contribution < 1.29 is 17.8 Å². The van der Waals surface area contributed by atoms with E-state index in [1.165, 1.54) is 25.1 Å². The first-order chi connectivity index (χ1) is 6.88. The van der Waals surface area contributed by atoms with E-state index in [0.717, 1.165) is 0 Å². The lowest BCUT2D eigenvalue weighted by Crippen LogP contribution is -2.15. The standard InChI is InChI=1S/C8H10N2O4S/c1-5(11)6-3-2-4-7(10-9)8(6)15(12,13)14/h2-4,10H,9H2,1H3,(H,12,13,14). The fraction of sp³-hybridized carbons (Fsp3) is 0.125. The molecule has 1 rings (SSSR count). The highest BCUT2D eigenvalue weighted by atomic mass is 32.2. The second-order valence-corrected chi connectivity index (χ2v) is 4.22. The summed E-state index contributed by atoms with van der Waals surface area (Å²) in [6.07, 6.45) is 0. The molecule has 7 heteroatoms. The number of hydrogen-bond acceptors (Lipinski definition) is 5. The Hall–Kier alpha value is -1.44. The molecule has 0 saturated heterocycles. The molecule has 0 unspecified atom stereocenters. The topological polar surface area (TPSA) is 109 Å². The van der Waals surface area contributed by atoms with Crippen molar-refractivity contribution in [3.63, 3.8) is 0 Å². The molecule has 6 nitrogen and oxygen atoms in total. The number of Topliss-reactive ketones (excluding diaryl/α,β-unsaturated/α-hetero) is 1. The summed E-state index contributed by atoms with van der Waals surface area (Å²) in [6, 6.07) is 4.10. The van der Waals surface area contributed by atoms with Crippen molar-refractivity contribution in [3.8, 4) is 0 Å². The molecule has 0 radical (unpaired) electrons. The molecular formula is C8H10N2O4S. The Kier molecular flexibility index (Phi) is 3.08. The maximum atomic E-state index is 11.1. The van der Waals surface area contributed by atoms with Crippen LogP contribution in [0.2, 0.25) is 0 Å². The van der Waals surface area contributed by atoms with E-state index in [2.05, 4.69) is 5.43 Å². The number of hydrazine groups is 1. The van der Waals surface area contributed by atoms with Crippen LogP contribution in [0.1, 0.15) is 17.3 Å². The number of carbonyl (C=O) groups is 1. The average molecular weight is 230 g/mol. The van der Waals surface area contributed by atoms with Gasteiger partial charge in [0.15, 0.2) is 5.78 Å². The van der Waals surface area contributed by atoms with E-state index < -0.39 is 20.8 Å². The van der Waals surface area contributed by atoms with Gasteiger partial charge in [-0.05, 0) is 19.1 Å². The predicted molar refractivity (Wildman–Crippen MR) is 54.1 cm³/mol. The van der Waals surface area contributed by atoms with Crippen molar-refractivity contribution in [1.29, 1.82) is 0 Å². The van der Waals surface area contributed by atoms with Crippen LogP contribution in [-0.4, -0.2) is 18.8 Å². The highest BCUT2D eigenvalue weighted by molar-refractivity contribution is 7.86. The molecule has 4 N–H and O–H groups in total. The van der Waals surface area contributed by atoms with Gasteiger partial charge in [0.25, 0.3) is 10.1 Å². The monoisotopic (exact) mass is 230 g/mol. The van der Waals surface area contributed by atoms with Gasteiger partial charge in [-0.2, -0.15) is 8.42 Å². The average Bonchev–Trinajstić information content (AvgIpc) is 2.15. The molecule has 0 amide bonds. The Morgan fingerprint density at radius 3 is 2.47 bits per heavy atom. The normalized spacial score (nSPS) is 11.1. The molecular weight excluding hydrogens is 220 g/mol. The van der Waals surface area contributed by atoms with Gasteiger partial charge in [0.2, 0.25) is 0 Å². The van der Waals surface area contributed by atoms with Crippen molar-refractivity contribution in [2.45, 2.75) is 11.8 Å². The summed E-state index contributed by atoms with van der Waals surface area (Å²) < 4.78 is 31.0. The minimum atomic E-state index is -4.48. The van der Waals surface area contributed by atoms with Gasteiger partial charge < -0.3 is 5.43 Å². The molecule has 0 aromatic heterocycles. The van der Waals surface area contributed by atoms with E-state index >= 15 is 0 Å². The van der Waals surface area contributed by atoms with E-state index in [1.54, 1.807) is 0 Å². The molecule has 0 heterocycles. The Morgan fingerprint density at radius 1 is 1.47 bits per heavy atom. The SMILES string of the molecule is CC(=O)c1cccc(NN)c1S(=O)(=O)O. The van der Waals surface area contributed by atoms with Crippen molar-refractivity contribution in [2.75, 3.05) is 5.43 Å². The first kappa shape index (κ1) is 11.6. The number of nitrogen functional groups attached to an aromatic ring is 1. The van der Waals surface area contributed by atoms with Crippen LogP contribution in [0.25, 0.3) is 0 Å². The first-order valence-electron chi connectivity index (χ1n) is 3.96. The fourth-order valence-electron chi connectivity index (χ4n) is 1.21. The third kappa shape index (κ3) is 2.32. The van der Waals surface area contributed by atoms with Crippen LogP contribution in [0.15, 0.2) is 23.1 Å². The summed E-state index contributed by atoms with van der Waals surface area (Å²) in [4.78, 5) is 10.6. The van der Waals surface area contributed by atoms with Crippen molar-refractivity contribution in [2.24, 2.45) is 5.84 Å². The number of ketones is 1. The molecule has 0 aliphatic carbocycles. The molecule has 0 fully saturated rings. The summed E-state index contributed by atoms with van der Waals surface area (Å²) in [5, 5.41) is 0. The molecule has 0 aliphatic rings. The van der Waals surface area contributed by atoms with Gasteiger partial charge >= 0.3 is 0 Å². The van der Waals surface area contributed by atoms with Gasteiger partial charge in [0.1, 0.15) is 4.90 Å². The molecule has 0 spiro atoms. The van der Waals surface area contributed by atoms with E-state index in [9.17, 15) is 13.2 Å². The molecule has 1 aromatic carbocycles. The lowest BCUT2D eigenvalue weighted by molar-refractivity contribution is 0.101. The zero-order valence-corrected chi connectivity index (χ0v) is 8.71. The number of nitrogens with one attached hydrogen (secondary N) is 1. The van der Waals surface area contributed by atoms with Gasteiger partial charge in [-0.3, -0.25) is 15.2 Å². The first-order valence-corrected chi connectivity index (χ1v) is 5.40. The molecule has 0 atom stereocenters. The highest BCUT2D eigenvalue weighted by Gasteiger charge is 2.21. The molecule has 0 bridgehead atoms. The predicted octanol–water partition coefficient (Wildman–Crippen LogP) is 0.422. The number of carbonyl (C=O) groups excluding carboxylic acids is 1. The van der Waals surface area contributed by atoms with Crippen LogP contribution in [0.3, 0.4) is 0 Å². The second kappa shape index (κ2) is 3.97. The van der Waals surface area contributed by atoms with Gasteiger partial charge in [0, 0.05) is 5.56 Å². The van der Waals surface area contributed by atoms with E-state index in [1.807, 2.05) is 0 Å².